The number of anilines is 1. The zero-order valence-corrected chi connectivity index (χ0v) is 13.0. The number of ether oxygens (including phenoxy) is 1. The second-order valence-electron chi connectivity index (χ2n) is 7.09. The molecule has 0 radical (unpaired) electrons. The lowest BCUT2D eigenvalue weighted by atomic mass is 9.63. The standard InChI is InChI=1S/C19H19NO3/c1-2-23-11-5-3-10(4-6-11)20-18(21)16-12-7-8-13(15-9-14(12)15)17(16)19(20)22/h3-8,12-17H,2,9H2,1H3/t12-,13+,14+,15-,16-,17+. The first kappa shape index (κ1) is 13.3. The molecule has 4 heteroatoms. The summed E-state index contributed by atoms with van der Waals surface area (Å²) >= 11 is 0. The first-order chi connectivity index (χ1) is 11.2. The second-order valence-corrected chi connectivity index (χ2v) is 7.09. The van der Waals surface area contributed by atoms with E-state index in [1.807, 2.05) is 31.2 Å². The molecule has 118 valence electrons. The van der Waals surface area contributed by atoms with Crippen LogP contribution in [0.3, 0.4) is 0 Å². The van der Waals surface area contributed by atoms with Gasteiger partial charge in [-0.25, -0.2) is 0 Å². The number of rotatable bonds is 3. The Morgan fingerprint density at radius 1 is 1.00 bits per heavy atom. The number of allylic oxidation sites excluding steroid dienone is 2. The molecule has 6 atom stereocenters. The van der Waals surface area contributed by atoms with E-state index >= 15 is 0 Å². The van der Waals surface area contributed by atoms with Gasteiger partial charge in [0.2, 0.25) is 11.8 Å². The number of imide groups is 1. The van der Waals surface area contributed by atoms with Gasteiger partial charge in [0.25, 0.3) is 0 Å². The normalized spacial score (nSPS) is 39.4. The van der Waals surface area contributed by atoms with Crippen molar-refractivity contribution >= 4 is 17.5 Å². The molecule has 2 amide bonds. The number of nitrogens with zero attached hydrogens (tertiary/aromatic N) is 1. The smallest absolute Gasteiger partial charge is 0.238 e. The van der Waals surface area contributed by atoms with Crippen LogP contribution in [0.5, 0.6) is 5.75 Å². The van der Waals surface area contributed by atoms with Gasteiger partial charge in [-0.05, 0) is 61.3 Å². The molecule has 1 heterocycles. The molecule has 2 saturated carbocycles. The molecule has 2 bridgehead atoms. The quantitative estimate of drug-likeness (QED) is 0.637. The summed E-state index contributed by atoms with van der Waals surface area (Å²) in [5.74, 6) is 2.32. The molecule has 3 fully saturated rings. The molecule has 6 rings (SSSR count). The molecule has 1 saturated heterocycles. The number of hydrogen-bond acceptors (Lipinski definition) is 3. The molecular weight excluding hydrogens is 290 g/mol. The summed E-state index contributed by atoms with van der Waals surface area (Å²) in [5.41, 5.74) is 0.672. The molecule has 0 spiro atoms. The van der Waals surface area contributed by atoms with Gasteiger partial charge in [-0.2, -0.15) is 0 Å². The minimum Gasteiger partial charge on any atom is -0.494 e. The first-order valence-corrected chi connectivity index (χ1v) is 8.49. The Morgan fingerprint density at radius 2 is 1.57 bits per heavy atom. The zero-order chi connectivity index (χ0) is 15.7. The van der Waals surface area contributed by atoms with Crippen LogP contribution in [0.1, 0.15) is 13.3 Å². The van der Waals surface area contributed by atoms with Crippen LogP contribution in [0.25, 0.3) is 0 Å². The van der Waals surface area contributed by atoms with Crippen LogP contribution in [0.4, 0.5) is 5.69 Å². The Kier molecular flexibility index (Phi) is 2.59. The van der Waals surface area contributed by atoms with E-state index in [4.69, 9.17) is 4.74 Å². The Labute approximate surface area is 135 Å². The van der Waals surface area contributed by atoms with E-state index in [9.17, 15) is 9.59 Å². The third-order valence-corrected chi connectivity index (χ3v) is 6.07. The van der Waals surface area contributed by atoms with Crippen molar-refractivity contribution in [3.8, 4) is 5.75 Å². The fraction of sp³-hybridized carbons (Fsp3) is 0.474. The minimum absolute atomic E-state index is 0.00569. The third-order valence-electron chi connectivity index (χ3n) is 6.07. The second kappa shape index (κ2) is 4.47. The molecule has 1 aromatic rings. The Hall–Kier alpha value is -2.10. The number of benzene rings is 1. The molecule has 4 aliphatic carbocycles. The lowest BCUT2D eigenvalue weighted by molar-refractivity contribution is -0.124. The molecular formula is C19H19NO3. The minimum atomic E-state index is -0.132. The van der Waals surface area contributed by atoms with Gasteiger partial charge in [0.15, 0.2) is 0 Å². The summed E-state index contributed by atoms with van der Waals surface area (Å²) in [6.07, 6.45) is 5.60. The van der Waals surface area contributed by atoms with E-state index in [0.717, 1.165) is 5.75 Å². The highest BCUT2D eigenvalue weighted by Crippen LogP contribution is 2.65. The molecule has 4 nitrogen and oxygen atoms in total. The van der Waals surface area contributed by atoms with E-state index in [2.05, 4.69) is 12.2 Å². The van der Waals surface area contributed by atoms with E-state index in [1.165, 1.54) is 11.3 Å². The number of carbonyl (C=O) groups is 2. The summed E-state index contributed by atoms with van der Waals surface area (Å²) in [6, 6.07) is 7.28. The van der Waals surface area contributed by atoms with Gasteiger partial charge in [-0.15, -0.1) is 0 Å². The van der Waals surface area contributed by atoms with Crippen LogP contribution in [0, 0.1) is 35.5 Å². The number of carbonyl (C=O) groups excluding carboxylic acids is 2. The highest BCUT2D eigenvalue weighted by atomic mass is 16.5. The lowest BCUT2D eigenvalue weighted by Gasteiger charge is -2.37. The number of amides is 2. The SMILES string of the molecule is CCOc1ccc(N2C(=O)[C@@H]3[C@@H]4C=C[C@@H]([C@H]5C[C@@H]45)[C@@H]3C2=O)cc1. The summed E-state index contributed by atoms with van der Waals surface area (Å²) < 4.78 is 5.44. The van der Waals surface area contributed by atoms with Crippen molar-refractivity contribution in [1.82, 2.24) is 0 Å². The highest BCUT2D eigenvalue weighted by molar-refractivity contribution is 6.22. The van der Waals surface area contributed by atoms with Crippen LogP contribution >= 0.6 is 0 Å². The predicted molar refractivity (Wildman–Crippen MR) is 84.8 cm³/mol. The lowest BCUT2D eigenvalue weighted by Crippen LogP contribution is -2.40. The van der Waals surface area contributed by atoms with Crippen LogP contribution in [-0.4, -0.2) is 18.4 Å². The predicted octanol–water partition coefficient (Wildman–Crippen LogP) is 2.64. The Balaban J connectivity index is 1.49. The maximum Gasteiger partial charge on any atom is 0.238 e. The van der Waals surface area contributed by atoms with Gasteiger partial charge < -0.3 is 4.74 Å². The van der Waals surface area contributed by atoms with Crippen molar-refractivity contribution in [2.24, 2.45) is 35.5 Å². The van der Waals surface area contributed by atoms with Gasteiger partial charge in [0.05, 0.1) is 24.1 Å². The highest BCUT2D eigenvalue weighted by Gasteiger charge is 2.67. The fourth-order valence-electron chi connectivity index (χ4n) is 5.07. The van der Waals surface area contributed by atoms with Crippen molar-refractivity contribution in [3.05, 3.63) is 36.4 Å². The molecule has 5 aliphatic rings. The van der Waals surface area contributed by atoms with E-state index < -0.39 is 0 Å². The van der Waals surface area contributed by atoms with Crippen molar-refractivity contribution in [2.45, 2.75) is 13.3 Å². The maximum atomic E-state index is 13.0. The fourth-order valence-corrected chi connectivity index (χ4v) is 5.07. The van der Waals surface area contributed by atoms with E-state index in [0.29, 0.717) is 24.1 Å². The average molecular weight is 309 g/mol. The van der Waals surface area contributed by atoms with Gasteiger partial charge in [-0.3, -0.25) is 14.5 Å². The topological polar surface area (TPSA) is 46.6 Å². The van der Waals surface area contributed by atoms with Crippen molar-refractivity contribution < 1.29 is 14.3 Å². The van der Waals surface area contributed by atoms with Gasteiger partial charge in [0.1, 0.15) is 5.75 Å². The van der Waals surface area contributed by atoms with Crippen molar-refractivity contribution in [1.29, 1.82) is 0 Å². The first-order valence-electron chi connectivity index (χ1n) is 8.49. The summed E-state index contributed by atoms with van der Waals surface area (Å²) in [4.78, 5) is 27.3. The van der Waals surface area contributed by atoms with Crippen LogP contribution in [0.15, 0.2) is 36.4 Å². The molecule has 23 heavy (non-hydrogen) atoms. The van der Waals surface area contributed by atoms with E-state index in [-0.39, 0.29) is 35.5 Å². The molecule has 1 aliphatic heterocycles. The van der Waals surface area contributed by atoms with Crippen molar-refractivity contribution in [3.63, 3.8) is 0 Å². The molecule has 0 unspecified atom stereocenters. The Morgan fingerprint density at radius 3 is 2.09 bits per heavy atom. The molecule has 0 N–H and O–H groups in total. The van der Waals surface area contributed by atoms with E-state index in [1.54, 1.807) is 0 Å². The zero-order valence-electron chi connectivity index (χ0n) is 13.0. The maximum absolute atomic E-state index is 13.0. The van der Waals surface area contributed by atoms with Gasteiger partial charge >= 0.3 is 0 Å². The van der Waals surface area contributed by atoms with Gasteiger partial charge in [0, 0.05) is 0 Å². The third kappa shape index (κ3) is 1.66. The number of hydrogen-bond donors (Lipinski definition) is 0. The summed E-state index contributed by atoms with van der Waals surface area (Å²) in [7, 11) is 0. The van der Waals surface area contributed by atoms with Crippen LogP contribution in [-0.2, 0) is 9.59 Å². The molecule has 1 aromatic carbocycles. The van der Waals surface area contributed by atoms with Gasteiger partial charge in [-0.1, -0.05) is 12.2 Å². The van der Waals surface area contributed by atoms with Crippen LogP contribution < -0.4 is 9.64 Å². The monoisotopic (exact) mass is 309 g/mol. The summed E-state index contributed by atoms with van der Waals surface area (Å²) in [6.45, 7) is 2.53. The van der Waals surface area contributed by atoms with Crippen LogP contribution in [0.2, 0.25) is 0 Å². The van der Waals surface area contributed by atoms with Crippen molar-refractivity contribution in [2.75, 3.05) is 11.5 Å². The largest absolute Gasteiger partial charge is 0.494 e. The Bertz CT molecular complexity index is 687. The summed E-state index contributed by atoms with van der Waals surface area (Å²) in [5, 5.41) is 0. The molecule has 0 aromatic heterocycles. The average Bonchev–Trinajstić information content (AvgIpc) is 3.34.